The van der Waals surface area contributed by atoms with Crippen LogP contribution >= 0.6 is 15.9 Å². The van der Waals surface area contributed by atoms with Crippen LogP contribution in [-0.2, 0) is 21.4 Å². The van der Waals surface area contributed by atoms with E-state index in [4.69, 9.17) is 4.74 Å². The number of carbonyl (C=O) groups excluding carboxylic acids is 2. The standard InChI is InChI=1S/C27H37BrN2O3/c1-7-23(26(32)29-19(2)3)30(16-15-20-11-9-8-10-12-20)25(31)18-33-24-14-13-21(17-22(24)28)27(4,5)6/h8-14,17,19,23H,7,15-16,18H2,1-6H3,(H,29,32). The van der Waals surface area contributed by atoms with Crippen LogP contribution in [0.5, 0.6) is 5.75 Å². The number of halogens is 1. The molecule has 0 aliphatic carbocycles. The van der Waals surface area contributed by atoms with Crippen molar-refractivity contribution in [2.24, 2.45) is 0 Å². The van der Waals surface area contributed by atoms with Crippen molar-refractivity contribution in [1.29, 1.82) is 0 Å². The molecule has 0 spiro atoms. The maximum atomic E-state index is 13.3. The average molecular weight is 518 g/mol. The highest BCUT2D eigenvalue weighted by Crippen LogP contribution is 2.31. The van der Waals surface area contributed by atoms with Crippen LogP contribution in [0.4, 0.5) is 0 Å². The first-order valence-corrected chi connectivity index (χ1v) is 12.4. The average Bonchev–Trinajstić information content (AvgIpc) is 2.75. The van der Waals surface area contributed by atoms with Gasteiger partial charge in [-0.25, -0.2) is 0 Å². The zero-order chi connectivity index (χ0) is 24.6. The van der Waals surface area contributed by atoms with Gasteiger partial charge in [-0.3, -0.25) is 9.59 Å². The predicted molar refractivity (Wildman–Crippen MR) is 138 cm³/mol. The molecule has 1 unspecified atom stereocenters. The van der Waals surface area contributed by atoms with E-state index >= 15 is 0 Å². The molecule has 180 valence electrons. The van der Waals surface area contributed by atoms with Gasteiger partial charge < -0.3 is 15.0 Å². The van der Waals surface area contributed by atoms with E-state index in [1.807, 2.05) is 69.3 Å². The van der Waals surface area contributed by atoms with Gasteiger partial charge in [-0.05, 0) is 71.3 Å². The summed E-state index contributed by atoms with van der Waals surface area (Å²) in [5, 5.41) is 2.95. The summed E-state index contributed by atoms with van der Waals surface area (Å²) in [4.78, 5) is 27.8. The van der Waals surface area contributed by atoms with E-state index in [9.17, 15) is 9.59 Å². The van der Waals surface area contributed by atoms with Gasteiger partial charge >= 0.3 is 0 Å². The lowest BCUT2D eigenvalue weighted by Crippen LogP contribution is -2.52. The van der Waals surface area contributed by atoms with Crippen LogP contribution < -0.4 is 10.1 Å². The fourth-order valence-corrected chi connectivity index (χ4v) is 4.08. The molecule has 0 aromatic heterocycles. The second-order valence-electron chi connectivity index (χ2n) is 9.59. The fraction of sp³-hybridized carbons (Fsp3) is 0.481. The molecule has 6 heteroatoms. The number of hydrogen-bond acceptors (Lipinski definition) is 3. The van der Waals surface area contributed by atoms with Crippen LogP contribution in [0.3, 0.4) is 0 Å². The SMILES string of the molecule is CCC(C(=O)NC(C)C)N(CCc1ccccc1)C(=O)COc1ccc(C(C)(C)C)cc1Br. The lowest BCUT2D eigenvalue weighted by atomic mass is 9.87. The van der Waals surface area contributed by atoms with Gasteiger partial charge in [0.2, 0.25) is 5.91 Å². The lowest BCUT2D eigenvalue weighted by Gasteiger charge is -2.31. The van der Waals surface area contributed by atoms with E-state index in [1.54, 1.807) is 4.90 Å². The highest BCUT2D eigenvalue weighted by molar-refractivity contribution is 9.10. The Balaban J connectivity index is 2.17. The summed E-state index contributed by atoms with van der Waals surface area (Å²) in [6.07, 6.45) is 1.20. The second-order valence-corrected chi connectivity index (χ2v) is 10.4. The third-order valence-corrected chi connectivity index (χ3v) is 6.07. The minimum absolute atomic E-state index is 0.00571. The maximum absolute atomic E-state index is 13.3. The Bertz CT molecular complexity index is 923. The number of amides is 2. The van der Waals surface area contributed by atoms with E-state index in [0.717, 1.165) is 10.0 Å². The molecule has 1 atom stereocenters. The Morgan fingerprint density at radius 3 is 2.30 bits per heavy atom. The first-order chi connectivity index (χ1) is 15.5. The molecule has 2 amide bonds. The quantitative estimate of drug-likeness (QED) is 0.453. The van der Waals surface area contributed by atoms with Crippen LogP contribution in [0.2, 0.25) is 0 Å². The monoisotopic (exact) mass is 516 g/mol. The topological polar surface area (TPSA) is 58.6 Å². The Morgan fingerprint density at radius 1 is 1.09 bits per heavy atom. The van der Waals surface area contributed by atoms with Gasteiger partial charge in [0, 0.05) is 12.6 Å². The summed E-state index contributed by atoms with van der Waals surface area (Å²) in [5.74, 6) is 0.271. The molecule has 2 rings (SSSR count). The summed E-state index contributed by atoms with van der Waals surface area (Å²) in [5.41, 5.74) is 2.31. The minimum atomic E-state index is -0.543. The Morgan fingerprint density at radius 2 is 1.76 bits per heavy atom. The molecule has 0 saturated heterocycles. The predicted octanol–water partition coefficient (Wildman–Crippen LogP) is 5.50. The van der Waals surface area contributed by atoms with Crippen molar-refractivity contribution < 1.29 is 14.3 Å². The molecule has 0 fully saturated rings. The molecular formula is C27H37BrN2O3. The maximum Gasteiger partial charge on any atom is 0.261 e. The lowest BCUT2D eigenvalue weighted by molar-refractivity contribution is -0.142. The number of benzene rings is 2. The van der Waals surface area contributed by atoms with E-state index in [1.165, 1.54) is 5.56 Å². The summed E-state index contributed by atoms with van der Waals surface area (Å²) in [6.45, 7) is 12.5. The zero-order valence-electron chi connectivity index (χ0n) is 20.7. The van der Waals surface area contributed by atoms with Crippen LogP contribution in [0.1, 0.15) is 59.1 Å². The molecule has 33 heavy (non-hydrogen) atoms. The van der Waals surface area contributed by atoms with Crippen molar-refractivity contribution in [1.82, 2.24) is 10.2 Å². The van der Waals surface area contributed by atoms with Crippen LogP contribution in [0.15, 0.2) is 53.0 Å². The van der Waals surface area contributed by atoms with E-state index < -0.39 is 6.04 Å². The number of nitrogens with zero attached hydrogens (tertiary/aromatic N) is 1. The van der Waals surface area contributed by atoms with Crippen LogP contribution in [0.25, 0.3) is 0 Å². The minimum Gasteiger partial charge on any atom is -0.483 e. The molecule has 5 nitrogen and oxygen atoms in total. The second kappa shape index (κ2) is 12.2. The van der Waals surface area contributed by atoms with E-state index in [0.29, 0.717) is 25.1 Å². The fourth-order valence-electron chi connectivity index (χ4n) is 3.58. The molecule has 0 saturated carbocycles. The van der Waals surface area contributed by atoms with Gasteiger partial charge in [0.05, 0.1) is 4.47 Å². The van der Waals surface area contributed by atoms with Crippen LogP contribution in [0, 0.1) is 0 Å². The highest BCUT2D eigenvalue weighted by Gasteiger charge is 2.29. The number of hydrogen-bond donors (Lipinski definition) is 1. The van der Waals surface area contributed by atoms with Gasteiger partial charge in [-0.1, -0.05) is 64.1 Å². The molecule has 2 aromatic rings. The Hall–Kier alpha value is -2.34. The molecule has 0 aliphatic heterocycles. The van der Waals surface area contributed by atoms with Crippen molar-refractivity contribution in [3.63, 3.8) is 0 Å². The molecule has 2 aromatic carbocycles. The van der Waals surface area contributed by atoms with Crippen molar-refractivity contribution >= 4 is 27.7 Å². The molecule has 0 heterocycles. The van der Waals surface area contributed by atoms with E-state index in [2.05, 4.69) is 42.0 Å². The number of ether oxygens (including phenoxy) is 1. The van der Waals surface area contributed by atoms with Crippen molar-refractivity contribution in [3.05, 3.63) is 64.1 Å². The Kier molecular flexibility index (Phi) is 9.96. The van der Waals surface area contributed by atoms with Gasteiger partial charge in [-0.15, -0.1) is 0 Å². The van der Waals surface area contributed by atoms with Crippen LogP contribution in [-0.4, -0.2) is 41.9 Å². The molecule has 0 aliphatic rings. The summed E-state index contributed by atoms with van der Waals surface area (Å²) in [7, 11) is 0. The number of nitrogens with one attached hydrogen (secondary N) is 1. The first-order valence-electron chi connectivity index (χ1n) is 11.6. The first kappa shape index (κ1) is 26.9. The van der Waals surface area contributed by atoms with Crippen molar-refractivity contribution in [2.45, 2.75) is 71.9 Å². The van der Waals surface area contributed by atoms with Crippen molar-refractivity contribution in [2.75, 3.05) is 13.2 Å². The Labute approximate surface area is 207 Å². The molecule has 0 bridgehead atoms. The third-order valence-electron chi connectivity index (χ3n) is 5.45. The van der Waals surface area contributed by atoms with Gasteiger partial charge in [0.1, 0.15) is 11.8 Å². The molecule has 0 radical (unpaired) electrons. The van der Waals surface area contributed by atoms with Gasteiger partial charge in [-0.2, -0.15) is 0 Å². The van der Waals surface area contributed by atoms with E-state index in [-0.39, 0.29) is 29.9 Å². The summed E-state index contributed by atoms with van der Waals surface area (Å²) < 4.78 is 6.69. The smallest absolute Gasteiger partial charge is 0.261 e. The normalized spacial score (nSPS) is 12.4. The summed E-state index contributed by atoms with van der Waals surface area (Å²) in [6, 6.07) is 15.4. The third kappa shape index (κ3) is 8.18. The summed E-state index contributed by atoms with van der Waals surface area (Å²) >= 11 is 3.57. The zero-order valence-corrected chi connectivity index (χ0v) is 22.2. The largest absolute Gasteiger partial charge is 0.483 e. The highest BCUT2D eigenvalue weighted by atomic mass is 79.9. The number of carbonyl (C=O) groups is 2. The molecule has 1 N–H and O–H groups in total. The molecular weight excluding hydrogens is 480 g/mol. The van der Waals surface area contributed by atoms with Gasteiger partial charge in [0.15, 0.2) is 6.61 Å². The number of rotatable bonds is 10. The van der Waals surface area contributed by atoms with Gasteiger partial charge in [0.25, 0.3) is 5.91 Å². The van der Waals surface area contributed by atoms with Crippen molar-refractivity contribution in [3.8, 4) is 5.75 Å².